The summed E-state index contributed by atoms with van der Waals surface area (Å²) in [5.41, 5.74) is 0.339. The van der Waals surface area contributed by atoms with E-state index in [1.54, 1.807) is 6.07 Å². The summed E-state index contributed by atoms with van der Waals surface area (Å²) in [7, 11) is 2.55. The van der Waals surface area contributed by atoms with E-state index in [-0.39, 0.29) is 34.6 Å². The Morgan fingerprint density at radius 1 is 1.07 bits per heavy atom. The summed E-state index contributed by atoms with van der Waals surface area (Å²) in [6.07, 6.45) is 2.72. The standard InChI is InChI=1S/C17H16ClF2N5O3/c1-26-12-4-13(27-2)16(20)11(15(12)19)8-28-10-6-21-17(22-7-10)23-14-3-9(5-18)24-25-14/h3-4,6-7H,5,8H2,1-2H3,(H2,21,22,23,24,25). The SMILES string of the molecule is COc1cc(OC)c(F)c(COc2cnc(Nc3cc(CCl)n[nH]3)nc2)c1F. The second kappa shape index (κ2) is 8.70. The summed E-state index contributed by atoms with van der Waals surface area (Å²) in [6.45, 7) is -0.402. The highest BCUT2D eigenvalue weighted by molar-refractivity contribution is 6.16. The molecule has 11 heteroatoms. The summed E-state index contributed by atoms with van der Waals surface area (Å²) >= 11 is 5.68. The lowest BCUT2D eigenvalue weighted by Crippen LogP contribution is -2.06. The topological polar surface area (TPSA) is 94.2 Å². The molecule has 1 aromatic carbocycles. The second-order valence-corrected chi connectivity index (χ2v) is 5.72. The number of anilines is 2. The third-order valence-corrected chi connectivity index (χ3v) is 3.96. The molecule has 2 aromatic heterocycles. The molecule has 2 N–H and O–H groups in total. The second-order valence-electron chi connectivity index (χ2n) is 5.45. The van der Waals surface area contributed by atoms with Gasteiger partial charge in [0.2, 0.25) is 5.95 Å². The zero-order valence-electron chi connectivity index (χ0n) is 14.9. The van der Waals surface area contributed by atoms with Gasteiger partial charge in [0.15, 0.2) is 28.9 Å². The van der Waals surface area contributed by atoms with Crippen LogP contribution in [0.3, 0.4) is 0 Å². The van der Waals surface area contributed by atoms with Gasteiger partial charge in [-0.1, -0.05) is 0 Å². The molecule has 3 rings (SSSR count). The molecule has 0 fully saturated rings. The lowest BCUT2D eigenvalue weighted by molar-refractivity contribution is 0.280. The first-order valence-corrected chi connectivity index (χ1v) is 8.50. The van der Waals surface area contributed by atoms with Gasteiger partial charge in [-0.3, -0.25) is 5.10 Å². The van der Waals surface area contributed by atoms with Crippen molar-refractivity contribution in [2.75, 3.05) is 19.5 Å². The van der Waals surface area contributed by atoms with Crippen LogP contribution in [0.2, 0.25) is 0 Å². The summed E-state index contributed by atoms with van der Waals surface area (Å²) < 4.78 is 43.8. The molecule has 0 aliphatic rings. The van der Waals surface area contributed by atoms with Crippen LogP contribution in [-0.2, 0) is 12.5 Å². The van der Waals surface area contributed by atoms with Gasteiger partial charge < -0.3 is 19.5 Å². The molecule has 0 amide bonds. The highest BCUT2D eigenvalue weighted by atomic mass is 35.5. The third-order valence-electron chi connectivity index (χ3n) is 3.69. The molecule has 0 bridgehead atoms. The molecule has 0 saturated heterocycles. The third kappa shape index (κ3) is 4.22. The van der Waals surface area contributed by atoms with Gasteiger partial charge in [-0.15, -0.1) is 11.6 Å². The first-order valence-electron chi connectivity index (χ1n) is 7.96. The lowest BCUT2D eigenvalue weighted by atomic mass is 10.1. The van der Waals surface area contributed by atoms with Crippen LogP contribution >= 0.6 is 11.6 Å². The van der Waals surface area contributed by atoms with Crippen molar-refractivity contribution in [2.24, 2.45) is 0 Å². The molecule has 0 aliphatic heterocycles. The molecule has 0 spiro atoms. The normalized spacial score (nSPS) is 10.6. The number of methoxy groups -OCH3 is 2. The maximum Gasteiger partial charge on any atom is 0.228 e. The zero-order valence-corrected chi connectivity index (χ0v) is 15.7. The van der Waals surface area contributed by atoms with Crippen LogP contribution in [0.15, 0.2) is 24.5 Å². The molecule has 28 heavy (non-hydrogen) atoms. The van der Waals surface area contributed by atoms with E-state index in [2.05, 4.69) is 25.5 Å². The molecule has 0 radical (unpaired) electrons. The smallest absolute Gasteiger partial charge is 0.228 e. The quantitative estimate of drug-likeness (QED) is 0.547. The van der Waals surface area contributed by atoms with Crippen LogP contribution in [0.5, 0.6) is 17.2 Å². The van der Waals surface area contributed by atoms with Crippen LogP contribution in [0.1, 0.15) is 11.3 Å². The van der Waals surface area contributed by atoms with Crippen LogP contribution in [0.25, 0.3) is 0 Å². The summed E-state index contributed by atoms with van der Waals surface area (Å²) in [6, 6.07) is 2.84. The van der Waals surface area contributed by atoms with Gasteiger partial charge in [-0.25, -0.2) is 18.7 Å². The maximum absolute atomic E-state index is 14.3. The number of hydrogen-bond donors (Lipinski definition) is 2. The zero-order chi connectivity index (χ0) is 20.1. The van der Waals surface area contributed by atoms with Crippen LogP contribution in [0.4, 0.5) is 20.5 Å². The Labute approximate surface area is 163 Å². The van der Waals surface area contributed by atoms with E-state index in [4.69, 9.17) is 25.8 Å². The van der Waals surface area contributed by atoms with Gasteiger partial charge >= 0.3 is 0 Å². The Morgan fingerprint density at radius 3 is 2.25 bits per heavy atom. The summed E-state index contributed by atoms with van der Waals surface area (Å²) in [4.78, 5) is 8.14. The maximum atomic E-state index is 14.3. The average Bonchev–Trinajstić information content (AvgIpc) is 3.17. The number of rotatable bonds is 8. The number of benzene rings is 1. The molecule has 8 nitrogen and oxygen atoms in total. The summed E-state index contributed by atoms with van der Waals surface area (Å²) in [5.74, 6) is -0.698. The summed E-state index contributed by atoms with van der Waals surface area (Å²) in [5, 5.41) is 9.60. The van der Waals surface area contributed by atoms with Gasteiger partial charge in [-0.05, 0) is 0 Å². The molecule has 148 valence electrons. The number of aromatic amines is 1. The first-order chi connectivity index (χ1) is 13.5. The minimum atomic E-state index is -0.866. The van der Waals surface area contributed by atoms with Crippen molar-refractivity contribution >= 4 is 23.4 Å². The van der Waals surface area contributed by atoms with E-state index in [1.807, 2.05) is 0 Å². The van der Waals surface area contributed by atoms with Crippen LogP contribution in [0, 0.1) is 11.6 Å². The predicted molar refractivity (Wildman–Crippen MR) is 97.3 cm³/mol. The van der Waals surface area contributed by atoms with Crippen molar-refractivity contribution in [2.45, 2.75) is 12.5 Å². The molecule has 0 atom stereocenters. The minimum absolute atomic E-state index is 0.150. The Bertz CT molecular complexity index is 924. The number of halogens is 3. The van der Waals surface area contributed by atoms with E-state index in [9.17, 15) is 8.78 Å². The van der Waals surface area contributed by atoms with Gasteiger partial charge in [0.1, 0.15) is 12.4 Å². The number of nitrogens with one attached hydrogen (secondary N) is 2. The highest BCUT2D eigenvalue weighted by Crippen LogP contribution is 2.31. The fourth-order valence-corrected chi connectivity index (χ4v) is 2.43. The van der Waals surface area contributed by atoms with Crippen molar-refractivity contribution in [3.8, 4) is 17.2 Å². The largest absolute Gasteiger partial charge is 0.494 e. The van der Waals surface area contributed by atoms with E-state index in [1.165, 1.54) is 26.6 Å². The van der Waals surface area contributed by atoms with E-state index < -0.39 is 18.2 Å². The number of ether oxygens (including phenoxy) is 3. The predicted octanol–water partition coefficient (Wildman–Crippen LogP) is 3.56. The Balaban J connectivity index is 1.70. The molecule has 0 aliphatic carbocycles. The molecule has 3 aromatic rings. The lowest BCUT2D eigenvalue weighted by Gasteiger charge is -2.13. The van der Waals surface area contributed by atoms with Gasteiger partial charge in [0, 0.05) is 12.1 Å². The fraction of sp³-hybridized carbons (Fsp3) is 0.235. The van der Waals surface area contributed by atoms with E-state index in [0.29, 0.717) is 11.5 Å². The molecular weight excluding hydrogens is 396 g/mol. The molecule has 0 unspecified atom stereocenters. The molecular formula is C17H16ClF2N5O3. The highest BCUT2D eigenvalue weighted by Gasteiger charge is 2.20. The fourth-order valence-electron chi connectivity index (χ4n) is 2.29. The monoisotopic (exact) mass is 411 g/mol. The first kappa shape index (κ1) is 19.6. The Morgan fingerprint density at radius 2 is 1.71 bits per heavy atom. The number of alkyl halides is 1. The Kier molecular flexibility index (Phi) is 6.09. The molecule has 0 saturated carbocycles. The van der Waals surface area contributed by atoms with Crippen molar-refractivity contribution in [3.05, 3.63) is 47.4 Å². The Hall–Kier alpha value is -3.14. The minimum Gasteiger partial charge on any atom is -0.494 e. The number of H-pyrrole nitrogens is 1. The van der Waals surface area contributed by atoms with Gasteiger partial charge in [0.05, 0.1) is 43.8 Å². The average molecular weight is 412 g/mol. The van der Waals surface area contributed by atoms with Gasteiger partial charge in [-0.2, -0.15) is 5.10 Å². The van der Waals surface area contributed by atoms with Crippen LogP contribution < -0.4 is 19.5 Å². The number of hydrogen-bond acceptors (Lipinski definition) is 7. The van der Waals surface area contributed by atoms with E-state index in [0.717, 1.165) is 6.07 Å². The van der Waals surface area contributed by atoms with Gasteiger partial charge in [0.25, 0.3) is 0 Å². The van der Waals surface area contributed by atoms with Crippen LogP contribution in [-0.4, -0.2) is 34.4 Å². The molecule has 2 heterocycles. The van der Waals surface area contributed by atoms with Crippen molar-refractivity contribution in [1.29, 1.82) is 0 Å². The van der Waals surface area contributed by atoms with Crippen molar-refractivity contribution in [1.82, 2.24) is 20.2 Å². The van der Waals surface area contributed by atoms with E-state index >= 15 is 0 Å². The van der Waals surface area contributed by atoms with Crippen molar-refractivity contribution < 1.29 is 23.0 Å². The number of aromatic nitrogens is 4. The van der Waals surface area contributed by atoms with Crippen molar-refractivity contribution in [3.63, 3.8) is 0 Å². The number of nitrogens with zero attached hydrogens (tertiary/aromatic N) is 3.